The number of alkyl halides is 2. The second-order valence-corrected chi connectivity index (χ2v) is 4.99. The fourth-order valence-corrected chi connectivity index (χ4v) is 2.27. The van der Waals surface area contributed by atoms with Crippen molar-refractivity contribution in [3.8, 4) is 0 Å². The molecule has 0 radical (unpaired) electrons. The molecule has 0 amide bonds. The second-order valence-electron chi connectivity index (χ2n) is 4.13. The van der Waals surface area contributed by atoms with Crippen LogP contribution in [-0.4, -0.2) is 22.9 Å². The van der Waals surface area contributed by atoms with Crippen LogP contribution in [0.25, 0.3) is 0 Å². The largest absolute Gasteiger partial charge is 0.465 e. The van der Waals surface area contributed by atoms with E-state index in [0.29, 0.717) is 0 Å². The number of methoxy groups -OCH3 is 1. The molecule has 0 atom stereocenters. The van der Waals surface area contributed by atoms with Crippen molar-refractivity contribution < 1.29 is 22.7 Å². The number of hydrogen-bond acceptors (Lipinski definition) is 3. The summed E-state index contributed by atoms with van der Waals surface area (Å²) in [5.41, 5.74) is -0.483. The first-order valence-electron chi connectivity index (χ1n) is 5.80. The highest BCUT2D eigenvalue weighted by atomic mass is 79.9. The lowest BCUT2D eigenvalue weighted by atomic mass is 10.1. The minimum Gasteiger partial charge on any atom is -0.465 e. The summed E-state index contributed by atoms with van der Waals surface area (Å²) in [6, 6.07) is 4.21. The van der Waals surface area contributed by atoms with Crippen LogP contribution in [0.15, 0.2) is 28.9 Å². The molecule has 2 aromatic rings. The smallest absolute Gasteiger partial charge is 0.340 e. The maximum Gasteiger partial charge on any atom is 0.340 e. The number of nitrogens with zero attached hydrogens (tertiary/aromatic N) is 2. The number of rotatable bonds is 4. The number of esters is 1. The topological polar surface area (TPSA) is 44.1 Å². The highest BCUT2D eigenvalue weighted by Gasteiger charge is 2.19. The molecular weight excluding hydrogens is 353 g/mol. The van der Waals surface area contributed by atoms with Gasteiger partial charge in [-0.25, -0.2) is 18.0 Å². The molecule has 112 valence electrons. The van der Waals surface area contributed by atoms with E-state index in [2.05, 4.69) is 25.8 Å². The summed E-state index contributed by atoms with van der Waals surface area (Å²) < 4.78 is 45.2. The first kappa shape index (κ1) is 15.6. The predicted octanol–water partition coefficient (Wildman–Crippen LogP) is 3.56. The first-order chi connectivity index (χ1) is 9.93. The van der Waals surface area contributed by atoms with E-state index in [-0.39, 0.29) is 22.1 Å². The van der Waals surface area contributed by atoms with Crippen LogP contribution in [0, 0.1) is 5.82 Å². The number of hydrogen-bond donors (Lipinski definition) is 0. The third-order valence-electron chi connectivity index (χ3n) is 2.77. The van der Waals surface area contributed by atoms with Gasteiger partial charge in [0.05, 0.1) is 23.7 Å². The molecule has 0 saturated carbocycles. The Morgan fingerprint density at radius 1 is 1.48 bits per heavy atom. The monoisotopic (exact) mass is 362 g/mol. The minimum atomic E-state index is -2.73. The SMILES string of the molecule is COC(=O)c1cccc(Cn2cc(Br)c(C(F)F)n2)c1F. The molecule has 1 heterocycles. The Morgan fingerprint density at radius 3 is 2.76 bits per heavy atom. The molecule has 4 nitrogen and oxygen atoms in total. The number of ether oxygens (including phenoxy) is 1. The molecule has 0 fully saturated rings. The fraction of sp³-hybridized carbons (Fsp3) is 0.231. The Hall–Kier alpha value is -1.83. The Kier molecular flexibility index (Phi) is 4.66. The summed E-state index contributed by atoms with van der Waals surface area (Å²) >= 11 is 2.97. The van der Waals surface area contributed by atoms with Crippen molar-refractivity contribution >= 4 is 21.9 Å². The molecule has 0 N–H and O–H groups in total. The number of halogens is 4. The van der Waals surface area contributed by atoms with Gasteiger partial charge < -0.3 is 4.74 Å². The van der Waals surface area contributed by atoms with E-state index < -0.39 is 23.9 Å². The Balaban J connectivity index is 2.32. The van der Waals surface area contributed by atoms with Crippen molar-refractivity contribution in [2.45, 2.75) is 13.0 Å². The van der Waals surface area contributed by atoms with E-state index in [1.165, 1.54) is 29.1 Å². The summed E-state index contributed by atoms with van der Waals surface area (Å²) in [6.07, 6.45) is -1.40. The standard InChI is InChI=1S/C13H10BrF3N2O2/c1-21-13(20)8-4-2-3-7(10(8)15)5-19-6-9(14)11(18-19)12(16)17/h2-4,6,12H,5H2,1H3. The van der Waals surface area contributed by atoms with Crippen molar-refractivity contribution in [3.63, 3.8) is 0 Å². The van der Waals surface area contributed by atoms with Crippen LogP contribution in [0.1, 0.15) is 28.0 Å². The Labute approximate surface area is 126 Å². The molecule has 0 aliphatic heterocycles. The highest BCUT2D eigenvalue weighted by Crippen LogP contribution is 2.26. The average molecular weight is 363 g/mol. The quantitative estimate of drug-likeness (QED) is 0.781. The molecule has 0 unspecified atom stereocenters. The maximum atomic E-state index is 14.2. The van der Waals surface area contributed by atoms with Gasteiger partial charge in [0.15, 0.2) is 0 Å². The number of carbonyl (C=O) groups is 1. The van der Waals surface area contributed by atoms with Crippen molar-refractivity contribution in [3.05, 3.63) is 51.5 Å². The summed E-state index contributed by atoms with van der Waals surface area (Å²) in [5.74, 6) is -1.56. The van der Waals surface area contributed by atoms with Gasteiger partial charge in [0.1, 0.15) is 11.5 Å². The highest BCUT2D eigenvalue weighted by molar-refractivity contribution is 9.10. The predicted molar refractivity (Wildman–Crippen MR) is 71.7 cm³/mol. The molecule has 0 bridgehead atoms. The van der Waals surface area contributed by atoms with Crippen LogP contribution in [-0.2, 0) is 11.3 Å². The van der Waals surface area contributed by atoms with Gasteiger partial charge in [0, 0.05) is 11.8 Å². The van der Waals surface area contributed by atoms with Gasteiger partial charge in [-0.15, -0.1) is 0 Å². The minimum absolute atomic E-state index is 0.0814. The van der Waals surface area contributed by atoms with Gasteiger partial charge in [-0.2, -0.15) is 5.10 Å². The first-order valence-corrected chi connectivity index (χ1v) is 6.60. The van der Waals surface area contributed by atoms with Gasteiger partial charge >= 0.3 is 5.97 Å². The average Bonchev–Trinajstić information content (AvgIpc) is 2.81. The van der Waals surface area contributed by atoms with Gasteiger partial charge in [0.2, 0.25) is 0 Å². The number of carbonyl (C=O) groups excluding carboxylic acids is 1. The van der Waals surface area contributed by atoms with Crippen LogP contribution >= 0.6 is 15.9 Å². The molecule has 1 aromatic heterocycles. The molecule has 0 spiro atoms. The van der Waals surface area contributed by atoms with Crippen LogP contribution in [0.4, 0.5) is 13.2 Å². The van der Waals surface area contributed by atoms with Gasteiger partial charge in [0.25, 0.3) is 6.43 Å². The van der Waals surface area contributed by atoms with E-state index in [1.807, 2.05) is 0 Å². The summed E-state index contributed by atoms with van der Waals surface area (Å²) in [7, 11) is 1.15. The zero-order valence-corrected chi connectivity index (χ0v) is 12.4. The molecule has 0 saturated heterocycles. The lowest BCUT2D eigenvalue weighted by Crippen LogP contribution is -2.09. The van der Waals surface area contributed by atoms with E-state index in [0.717, 1.165) is 7.11 Å². The molecule has 0 aliphatic rings. The molecule has 8 heteroatoms. The van der Waals surface area contributed by atoms with Gasteiger partial charge in [-0.3, -0.25) is 4.68 Å². The molecule has 0 aliphatic carbocycles. The summed E-state index contributed by atoms with van der Waals surface area (Å²) in [5, 5.41) is 3.68. The Morgan fingerprint density at radius 2 is 2.19 bits per heavy atom. The van der Waals surface area contributed by atoms with Crippen molar-refractivity contribution in [1.82, 2.24) is 9.78 Å². The lowest BCUT2D eigenvalue weighted by molar-refractivity contribution is 0.0595. The summed E-state index contributed by atoms with van der Waals surface area (Å²) in [4.78, 5) is 11.4. The van der Waals surface area contributed by atoms with Crippen LogP contribution in [0.5, 0.6) is 0 Å². The van der Waals surface area contributed by atoms with E-state index in [9.17, 15) is 18.0 Å². The van der Waals surface area contributed by atoms with Gasteiger partial charge in [-0.1, -0.05) is 12.1 Å². The molecule has 1 aromatic carbocycles. The maximum absolute atomic E-state index is 14.2. The van der Waals surface area contributed by atoms with E-state index >= 15 is 0 Å². The van der Waals surface area contributed by atoms with Crippen LogP contribution < -0.4 is 0 Å². The van der Waals surface area contributed by atoms with Crippen LogP contribution in [0.3, 0.4) is 0 Å². The lowest BCUT2D eigenvalue weighted by Gasteiger charge is -2.07. The van der Waals surface area contributed by atoms with Gasteiger partial charge in [-0.05, 0) is 22.0 Å². The fourth-order valence-electron chi connectivity index (χ4n) is 1.78. The van der Waals surface area contributed by atoms with E-state index in [1.54, 1.807) is 0 Å². The zero-order valence-electron chi connectivity index (χ0n) is 10.8. The van der Waals surface area contributed by atoms with Crippen LogP contribution in [0.2, 0.25) is 0 Å². The third-order valence-corrected chi connectivity index (χ3v) is 3.38. The van der Waals surface area contributed by atoms with Crippen molar-refractivity contribution in [1.29, 1.82) is 0 Å². The normalized spacial score (nSPS) is 11.0. The number of aromatic nitrogens is 2. The molecular formula is C13H10BrF3N2O2. The number of benzene rings is 1. The molecule has 2 rings (SSSR count). The third kappa shape index (κ3) is 3.26. The van der Waals surface area contributed by atoms with Crippen molar-refractivity contribution in [2.24, 2.45) is 0 Å². The molecule has 21 heavy (non-hydrogen) atoms. The Bertz CT molecular complexity index is 673. The summed E-state index contributed by atoms with van der Waals surface area (Å²) in [6.45, 7) is -0.0814. The second kappa shape index (κ2) is 6.30. The van der Waals surface area contributed by atoms with Crippen molar-refractivity contribution in [2.75, 3.05) is 7.11 Å². The zero-order chi connectivity index (χ0) is 15.6. The van der Waals surface area contributed by atoms with E-state index in [4.69, 9.17) is 0 Å².